The van der Waals surface area contributed by atoms with Crippen molar-refractivity contribution in [2.24, 2.45) is 0 Å². The van der Waals surface area contributed by atoms with Crippen LogP contribution in [0.3, 0.4) is 0 Å². The van der Waals surface area contributed by atoms with Crippen LogP contribution in [-0.4, -0.2) is 40.1 Å². The molecule has 43 heavy (non-hydrogen) atoms. The van der Waals surface area contributed by atoms with Crippen LogP contribution < -0.4 is 0 Å². The van der Waals surface area contributed by atoms with Crippen molar-refractivity contribution in [3.8, 4) is 0 Å². The summed E-state index contributed by atoms with van der Waals surface area (Å²) in [4.78, 5) is 0. The molecule has 0 fully saturated rings. The van der Waals surface area contributed by atoms with Gasteiger partial charge in [0.25, 0.3) is 0 Å². The van der Waals surface area contributed by atoms with Crippen LogP contribution in [-0.2, 0) is 10.4 Å². The minimum absolute atomic E-state index is 1.27. The van der Waals surface area contributed by atoms with Crippen LogP contribution in [0.5, 0.6) is 0 Å². The van der Waals surface area contributed by atoms with Gasteiger partial charge in [0.2, 0.25) is 0 Å². The molecular formula is C36H81AlO3Si3. The highest BCUT2D eigenvalue weighted by Crippen LogP contribution is 2.38. The first kappa shape index (κ1) is 44.1. The molecule has 0 saturated heterocycles. The number of unbranched alkanes of at least 4 members (excludes halogenated alkanes) is 9. The molecular weight excluding hydrogens is 592 g/mol. The second kappa shape index (κ2) is 28.1. The fourth-order valence-corrected chi connectivity index (χ4v) is 29.1. The Morgan fingerprint density at radius 2 is 0.419 bits per heavy atom. The zero-order chi connectivity index (χ0) is 32.3. The Morgan fingerprint density at radius 1 is 0.279 bits per heavy atom. The van der Waals surface area contributed by atoms with Crippen LogP contribution in [0.1, 0.15) is 178 Å². The minimum Gasteiger partial charge on any atom is -0.499 e. The molecule has 0 N–H and O–H groups in total. The lowest BCUT2D eigenvalue weighted by Gasteiger charge is -2.43. The van der Waals surface area contributed by atoms with Gasteiger partial charge in [0.05, 0.1) is 0 Å². The lowest BCUT2D eigenvalue weighted by Crippen LogP contribution is -2.56. The summed E-state index contributed by atoms with van der Waals surface area (Å²) in [6, 6.07) is 11.9. The molecule has 3 nitrogen and oxygen atoms in total. The molecule has 0 bridgehead atoms. The van der Waals surface area contributed by atoms with E-state index in [-0.39, 0.29) is 0 Å². The molecule has 0 aromatic carbocycles. The van der Waals surface area contributed by atoms with E-state index in [0.29, 0.717) is 0 Å². The molecule has 0 radical (unpaired) electrons. The van der Waals surface area contributed by atoms with Crippen molar-refractivity contribution in [3.63, 3.8) is 0 Å². The average molecular weight is 673 g/mol. The smallest absolute Gasteiger partial charge is 0.499 e. The maximum Gasteiger partial charge on any atom is 0.871 e. The van der Waals surface area contributed by atoms with Crippen LogP contribution >= 0.6 is 0 Å². The quantitative estimate of drug-likeness (QED) is 0.0649. The Kier molecular flexibility index (Phi) is 28.8. The highest BCUT2D eigenvalue weighted by molar-refractivity contribution is 6.86. The predicted molar refractivity (Wildman–Crippen MR) is 204 cm³/mol. The highest BCUT2D eigenvalue weighted by Gasteiger charge is 2.51. The van der Waals surface area contributed by atoms with Crippen molar-refractivity contribution in [2.45, 2.75) is 232 Å². The Balaban J connectivity index is 6.97. The fraction of sp³-hybridized carbons (Fsp3) is 1.00. The Hall–Kier alpha value is 1.06. The summed E-state index contributed by atoms with van der Waals surface area (Å²) < 4.78 is 23.5. The predicted octanol–water partition coefficient (Wildman–Crippen LogP) is 14.1. The summed E-state index contributed by atoms with van der Waals surface area (Å²) in [7, 11) is -5.86. The van der Waals surface area contributed by atoms with E-state index in [1.807, 2.05) is 0 Å². The first-order valence-corrected chi connectivity index (χ1v) is 28.9. The molecule has 0 atom stereocenters. The SMILES string of the molecule is CCCC[Si](CCCC)(CCCC)[O][Al]([O][Si](CCCC)(CCCC)CCCC)[O][Si](CCCC)(CCCC)CCCC. The van der Waals surface area contributed by atoms with E-state index in [1.54, 1.807) is 0 Å². The topological polar surface area (TPSA) is 27.7 Å². The van der Waals surface area contributed by atoms with Gasteiger partial charge in [0, 0.05) is 0 Å². The first-order chi connectivity index (χ1) is 20.8. The number of rotatable bonds is 33. The van der Waals surface area contributed by atoms with Gasteiger partial charge in [-0.3, -0.25) is 0 Å². The lowest BCUT2D eigenvalue weighted by atomic mass is 10.4. The fourth-order valence-electron chi connectivity index (χ4n) is 6.83. The van der Waals surface area contributed by atoms with Gasteiger partial charge in [-0.1, -0.05) is 178 Å². The van der Waals surface area contributed by atoms with E-state index in [4.69, 9.17) is 10.4 Å². The Labute approximate surface area is 281 Å². The monoisotopic (exact) mass is 673 g/mol. The van der Waals surface area contributed by atoms with Gasteiger partial charge in [-0.2, -0.15) is 0 Å². The van der Waals surface area contributed by atoms with E-state index in [0.717, 1.165) is 0 Å². The third kappa shape index (κ3) is 19.5. The molecule has 0 heterocycles. The van der Waals surface area contributed by atoms with Crippen LogP contribution in [0.2, 0.25) is 54.4 Å². The molecule has 0 spiro atoms. The second-order valence-corrected chi connectivity index (χ2v) is 29.1. The number of hydrogen-bond acceptors (Lipinski definition) is 3. The van der Waals surface area contributed by atoms with E-state index in [2.05, 4.69) is 62.3 Å². The van der Waals surface area contributed by atoms with Crippen molar-refractivity contribution in [1.29, 1.82) is 0 Å². The van der Waals surface area contributed by atoms with Crippen molar-refractivity contribution in [2.75, 3.05) is 0 Å². The van der Waals surface area contributed by atoms with Gasteiger partial charge in [0.15, 0.2) is 25.0 Å². The summed E-state index contributed by atoms with van der Waals surface area (Å²) in [5, 5.41) is 0. The van der Waals surface area contributed by atoms with E-state index in [9.17, 15) is 0 Å². The molecule has 0 unspecified atom stereocenters. The van der Waals surface area contributed by atoms with Gasteiger partial charge in [-0.05, 0) is 54.4 Å². The first-order valence-electron chi connectivity index (χ1n) is 19.9. The largest absolute Gasteiger partial charge is 0.871 e. The minimum atomic E-state index is -2.31. The average Bonchev–Trinajstić information content (AvgIpc) is 3.02. The molecule has 0 saturated carbocycles. The van der Waals surface area contributed by atoms with Gasteiger partial charge in [0.1, 0.15) is 0 Å². The lowest BCUT2D eigenvalue weighted by molar-refractivity contribution is 0.278. The van der Waals surface area contributed by atoms with E-state index >= 15 is 0 Å². The summed E-state index contributed by atoms with van der Waals surface area (Å²) in [6.07, 6.45) is 23.3. The van der Waals surface area contributed by atoms with Crippen molar-refractivity contribution in [1.82, 2.24) is 0 Å². The molecule has 0 aromatic heterocycles. The molecule has 0 rings (SSSR count). The molecule has 0 amide bonds. The van der Waals surface area contributed by atoms with Crippen LogP contribution in [0.25, 0.3) is 0 Å². The third-order valence-corrected chi connectivity index (χ3v) is 29.6. The van der Waals surface area contributed by atoms with Gasteiger partial charge >= 0.3 is 15.1 Å². The van der Waals surface area contributed by atoms with Gasteiger partial charge in [-0.15, -0.1) is 0 Å². The number of hydrogen-bond donors (Lipinski definition) is 0. The Morgan fingerprint density at radius 3 is 0.535 bits per heavy atom. The third-order valence-electron chi connectivity index (χ3n) is 9.91. The molecule has 0 aromatic rings. The van der Waals surface area contributed by atoms with E-state index < -0.39 is 40.1 Å². The van der Waals surface area contributed by atoms with Gasteiger partial charge in [-0.25, -0.2) is 0 Å². The second-order valence-electron chi connectivity index (χ2n) is 14.1. The van der Waals surface area contributed by atoms with Crippen LogP contribution in [0, 0.1) is 0 Å². The van der Waals surface area contributed by atoms with Gasteiger partial charge < -0.3 is 10.4 Å². The molecule has 7 heteroatoms. The normalized spacial score (nSPS) is 12.8. The zero-order valence-corrected chi connectivity index (χ0v) is 35.5. The van der Waals surface area contributed by atoms with Crippen molar-refractivity contribution < 1.29 is 10.4 Å². The maximum atomic E-state index is 7.84. The summed E-state index contributed by atoms with van der Waals surface area (Å²) in [6.45, 7) is 21.3. The van der Waals surface area contributed by atoms with Crippen LogP contribution in [0.15, 0.2) is 0 Å². The maximum absolute atomic E-state index is 7.84. The van der Waals surface area contributed by atoms with Crippen LogP contribution in [0.4, 0.5) is 0 Å². The van der Waals surface area contributed by atoms with E-state index in [1.165, 1.54) is 170 Å². The summed E-state index contributed by atoms with van der Waals surface area (Å²) in [5.74, 6) is 0. The summed E-state index contributed by atoms with van der Waals surface area (Å²) >= 11 is -2.31. The standard InChI is InChI=1S/3C12H27OSi.Al/c3*1-4-7-10-14(13,11-8-5-2)12-9-6-3;/h3*4-12H2,1-3H3;/q3*-1;+3. The highest BCUT2D eigenvalue weighted by atomic mass is 28.4. The van der Waals surface area contributed by atoms with Crippen molar-refractivity contribution >= 4 is 40.1 Å². The van der Waals surface area contributed by atoms with Crippen molar-refractivity contribution in [3.05, 3.63) is 0 Å². The molecule has 0 aliphatic carbocycles. The zero-order valence-electron chi connectivity index (χ0n) is 31.4. The molecule has 0 aliphatic heterocycles. The molecule has 0 aliphatic rings. The molecule has 258 valence electrons. The summed E-state index contributed by atoms with van der Waals surface area (Å²) in [5.41, 5.74) is 0. The Bertz CT molecular complexity index is 464.